The molecule has 0 aliphatic carbocycles. The highest BCUT2D eigenvalue weighted by molar-refractivity contribution is 5.30. The van der Waals surface area contributed by atoms with Crippen molar-refractivity contribution in [2.45, 2.75) is 26.3 Å². The van der Waals surface area contributed by atoms with Gasteiger partial charge in [0.1, 0.15) is 0 Å². The van der Waals surface area contributed by atoms with Gasteiger partial charge in [-0.25, -0.2) is 0 Å². The maximum Gasteiger partial charge on any atom is 0.0503 e. The predicted molar refractivity (Wildman–Crippen MR) is 84.1 cm³/mol. The second-order valence-corrected chi connectivity index (χ2v) is 6.13. The topological polar surface area (TPSA) is 24.5 Å². The molecule has 1 aliphatic rings. The van der Waals surface area contributed by atoms with Gasteiger partial charge in [0.25, 0.3) is 0 Å². The van der Waals surface area contributed by atoms with E-state index in [9.17, 15) is 0 Å². The minimum absolute atomic E-state index is 0.412. The van der Waals surface area contributed by atoms with Crippen LogP contribution in [0.25, 0.3) is 0 Å². The van der Waals surface area contributed by atoms with Gasteiger partial charge < -0.3 is 15.0 Å². The lowest BCUT2D eigenvalue weighted by Gasteiger charge is -2.24. The Balaban J connectivity index is 1.99. The first-order valence-electron chi connectivity index (χ1n) is 7.59. The summed E-state index contributed by atoms with van der Waals surface area (Å²) in [5.41, 5.74) is 4.10. The summed E-state index contributed by atoms with van der Waals surface area (Å²) < 4.78 is 5.28. The molecule has 112 valence electrons. The molecule has 1 heterocycles. The molecule has 3 nitrogen and oxygen atoms in total. The lowest BCUT2D eigenvalue weighted by molar-refractivity contribution is 0.152. The molecule has 1 N–H and O–H groups in total. The SMILES string of the molecule is CNC(CN1CCC(COC)C1)c1cc(C)cc(C)c1. The van der Waals surface area contributed by atoms with Gasteiger partial charge in [-0.1, -0.05) is 29.3 Å². The van der Waals surface area contributed by atoms with Crippen LogP contribution in [0.1, 0.15) is 29.2 Å². The van der Waals surface area contributed by atoms with Gasteiger partial charge >= 0.3 is 0 Å². The average molecular weight is 276 g/mol. The van der Waals surface area contributed by atoms with Gasteiger partial charge in [-0.05, 0) is 45.3 Å². The Morgan fingerprint density at radius 2 is 2.00 bits per heavy atom. The first kappa shape index (κ1) is 15.5. The Labute approximate surface area is 123 Å². The van der Waals surface area contributed by atoms with Crippen LogP contribution in [0, 0.1) is 19.8 Å². The minimum Gasteiger partial charge on any atom is -0.384 e. The molecule has 2 rings (SSSR count). The summed E-state index contributed by atoms with van der Waals surface area (Å²) in [6, 6.07) is 7.25. The van der Waals surface area contributed by atoms with Crippen molar-refractivity contribution in [2.24, 2.45) is 5.92 Å². The summed E-state index contributed by atoms with van der Waals surface area (Å²) in [5, 5.41) is 3.47. The van der Waals surface area contributed by atoms with Crippen LogP contribution in [-0.2, 0) is 4.74 Å². The fraction of sp³-hybridized carbons (Fsp3) is 0.647. The molecule has 3 heteroatoms. The van der Waals surface area contributed by atoms with E-state index >= 15 is 0 Å². The van der Waals surface area contributed by atoms with E-state index in [1.54, 1.807) is 7.11 Å². The number of ether oxygens (including phenoxy) is 1. The third-order valence-corrected chi connectivity index (χ3v) is 4.21. The Morgan fingerprint density at radius 1 is 1.30 bits per heavy atom. The number of nitrogens with one attached hydrogen (secondary N) is 1. The summed E-state index contributed by atoms with van der Waals surface area (Å²) in [7, 11) is 3.86. The van der Waals surface area contributed by atoms with Gasteiger partial charge in [0.15, 0.2) is 0 Å². The molecule has 1 aromatic carbocycles. The van der Waals surface area contributed by atoms with Gasteiger partial charge in [-0.15, -0.1) is 0 Å². The Hall–Kier alpha value is -0.900. The predicted octanol–water partition coefficient (Wildman–Crippen LogP) is 2.53. The Bertz CT molecular complexity index is 413. The van der Waals surface area contributed by atoms with Crippen molar-refractivity contribution in [1.29, 1.82) is 0 Å². The molecule has 0 aromatic heterocycles. The van der Waals surface area contributed by atoms with Gasteiger partial charge in [-0.3, -0.25) is 0 Å². The van der Waals surface area contributed by atoms with Crippen molar-refractivity contribution < 1.29 is 4.74 Å². The summed E-state index contributed by atoms with van der Waals surface area (Å²) >= 11 is 0. The normalized spacial score (nSPS) is 21.3. The van der Waals surface area contributed by atoms with Crippen LogP contribution < -0.4 is 5.32 Å². The maximum atomic E-state index is 5.28. The summed E-state index contributed by atoms with van der Waals surface area (Å²) in [4.78, 5) is 2.56. The number of likely N-dealkylation sites (N-methyl/N-ethyl adjacent to an activating group) is 1. The molecular formula is C17H28N2O. The standard InChI is InChI=1S/C17H28N2O/c1-13-7-14(2)9-16(8-13)17(18-3)11-19-6-5-15(10-19)12-20-4/h7-9,15,17-18H,5-6,10-12H2,1-4H3. The number of hydrogen-bond acceptors (Lipinski definition) is 3. The van der Waals surface area contributed by atoms with Crippen molar-refractivity contribution in [3.8, 4) is 0 Å². The molecule has 0 spiro atoms. The molecule has 2 unspecified atom stereocenters. The van der Waals surface area contributed by atoms with E-state index < -0.39 is 0 Å². The van der Waals surface area contributed by atoms with Crippen LogP contribution in [0.4, 0.5) is 0 Å². The van der Waals surface area contributed by atoms with Crippen LogP contribution >= 0.6 is 0 Å². The zero-order valence-corrected chi connectivity index (χ0v) is 13.3. The highest BCUT2D eigenvalue weighted by Crippen LogP contribution is 2.22. The van der Waals surface area contributed by atoms with Crippen molar-refractivity contribution in [3.63, 3.8) is 0 Å². The van der Waals surface area contributed by atoms with Crippen molar-refractivity contribution >= 4 is 0 Å². The molecule has 1 aliphatic heterocycles. The van der Waals surface area contributed by atoms with Gasteiger partial charge in [0.05, 0.1) is 6.61 Å². The number of rotatable bonds is 6. The van der Waals surface area contributed by atoms with Crippen LogP contribution in [0.5, 0.6) is 0 Å². The molecule has 0 amide bonds. The summed E-state index contributed by atoms with van der Waals surface area (Å²) in [6.07, 6.45) is 1.26. The lowest BCUT2D eigenvalue weighted by Crippen LogP contribution is -2.32. The zero-order valence-electron chi connectivity index (χ0n) is 13.3. The molecular weight excluding hydrogens is 248 g/mol. The Morgan fingerprint density at radius 3 is 2.60 bits per heavy atom. The van der Waals surface area contributed by atoms with Gasteiger partial charge in [0.2, 0.25) is 0 Å². The quantitative estimate of drug-likeness (QED) is 0.864. The van der Waals surface area contributed by atoms with Crippen molar-refractivity contribution in [2.75, 3.05) is 40.4 Å². The van der Waals surface area contributed by atoms with Gasteiger partial charge in [-0.2, -0.15) is 0 Å². The average Bonchev–Trinajstić information content (AvgIpc) is 2.82. The van der Waals surface area contributed by atoms with E-state index in [2.05, 4.69) is 49.3 Å². The van der Waals surface area contributed by atoms with Crippen LogP contribution in [-0.4, -0.2) is 45.3 Å². The zero-order chi connectivity index (χ0) is 14.5. The largest absolute Gasteiger partial charge is 0.384 e. The van der Waals surface area contributed by atoms with Crippen LogP contribution in [0.2, 0.25) is 0 Å². The van der Waals surface area contributed by atoms with Crippen LogP contribution in [0.15, 0.2) is 18.2 Å². The van der Waals surface area contributed by atoms with Gasteiger partial charge in [0, 0.05) is 26.2 Å². The number of likely N-dealkylation sites (tertiary alicyclic amines) is 1. The third kappa shape index (κ3) is 4.05. The third-order valence-electron chi connectivity index (χ3n) is 4.21. The smallest absolute Gasteiger partial charge is 0.0503 e. The van der Waals surface area contributed by atoms with E-state index in [4.69, 9.17) is 4.74 Å². The molecule has 0 saturated carbocycles. The summed E-state index contributed by atoms with van der Waals surface area (Å²) in [5.74, 6) is 0.705. The molecule has 0 radical (unpaired) electrons. The van der Waals surface area contributed by atoms with Crippen molar-refractivity contribution in [1.82, 2.24) is 10.2 Å². The maximum absolute atomic E-state index is 5.28. The molecule has 1 saturated heterocycles. The number of aryl methyl sites for hydroxylation is 2. The first-order chi connectivity index (χ1) is 9.62. The first-order valence-corrected chi connectivity index (χ1v) is 7.59. The minimum atomic E-state index is 0.412. The fourth-order valence-electron chi connectivity index (χ4n) is 3.28. The number of methoxy groups -OCH3 is 1. The number of nitrogens with zero attached hydrogens (tertiary/aromatic N) is 1. The second-order valence-electron chi connectivity index (χ2n) is 6.13. The monoisotopic (exact) mass is 276 g/mol. The van der Waals surface area contributed by atoms with Crippen molar-refractivity contribution in [3.05, 3.63) is 34.9 Å². The highest BCUT2D eigenvalue weighted by atomic mass is 16.5. The molecule has 1 fully saturated rings. The molecule has 20 heavy (non-hydrogen) atoms. The van der Waals surface area contributed by atoms with E-state index in [1.807, 2.05) is 0 Å². The Kier molecular flexibility index (Phi) is 5.58. The van der Waals surface area contributed by atoms with Crippen LogP contribution in [0.3, 0.4) is 0 Å². The van der Waals surface area contributed by atoms with E-state index in [0.717, 1.165) is 19.7 Å². The fourth-order valence-corrected chi connectivity index (χ4v) is 3.28. The van der Waals surface area contributed by atoms with E-state index in [0.29, 0.717) is 12.0 Å². The lowest BCUT2D eigenvalue weighted by atomic mass is 10.0. The molecule has 2 atom stereocenters. The van der Waals surface area contributed by atoms with E-state index in [-0.39, 0.29) is 0 Å². The highest BCUT2D eigenvalue weighted by Gasteiger charge is 2.24. The molecule has 0 bridgehead atoms. The number of hydrogen-bond donors (Lipinski definition) is 1. The van der Waals surface area contributed by atoms with E-state index in [1.165, 1.54) is 29.7 Å². The molecule has 1 aromatic rings. The second kappa shape index (κ2) is 7.21. The summed E-state index contributed by atoms with van der Waals surface area (Å²) in [6.45, 7) is 8.68. The number of benzene rings is 1.